The molecule has 2 fully saturated rings. The quantitative estimate of drug-likeness (QED) is 0.535. The Morgan fingerprint density at radius 1 is 0.735 bits per heavy atom. The van der Waals surface area contributed by atoms with Crippen LogP contribution < -0.4 is 0 Å². The Morgan fingerprint density at radius 3 is 1.88 bits per heavy atom. The average molecular weight is 454 g/mol. The smallest absolute Gasteiger partial charge is 0.227 e. The number of rotatable bonds is 6. The molecule has 0 N–H and O–H groups in total. The molecule has 0 radical (unpaired) electrons. The second-order valence-electron chi connectivity index (χ2n) is 9.65. The van der Waals surface area contributed by atoms with Crippen molar-refractivity contribution in [3.63, 3.8) is 0 Å². The predicted octanol–water partition coefficient (Wildman–Crippen LogP) is 4.83. The summed E-state index contributed by atoms with van der Waals surface area (Å²) in [5.41, 5.74) is 3.96. The van der Waals surface area contributed by atoms with Crippen LogP contribution in [0.25, 0.3) is 0 Å². The van der Waals surface area contributed by atoms with Gasteiger partial charge >= 0.3 is 0 Å². The van der Waals surface area contributed by atoms with E-state index in [1.54, 1.807) is 0 Å². The largest absolute Gasteiger partial charge is 0.340 e. The Labute approximate surface area is 203 Å². The first kappa shape index (κ1) is 22.8. The van der Waals surface area contributed by atoms with E-state index in [1.165, 1.54) is 16.7 Å². The number of piperidine rings is 1. The molecule has 4 nitrogen and oxygen atoms in total. The first-order valence-electron chi connectivity index (χ1n) is 12.7. The van der Waals surface area contributed by atoms with Gasteiger partial charge in [-0.05, 0) is 36.1 Å². The molecular weight excluding hydrogens is 418 g/mol. The summed E-state index contributed by atoms with van der Waals surface area (Å²) < 4.78 is 0. The van der Waals surface area contributed by atoms with Crippen molar-refractivity contribution in [2.75, 3.05) is 39.3 Å². The molecule has 0 bridgehead atoms. The van der Waals surface area contributed by atoms with Crippen LogP contribution in [0.1, 0.15) is 35.6 Å². The summed E-state index contributed by atoms with van der Waals surface area (Å²) in [4.78, 5) is 20.6. The molecule has 2 saturated heterocycles. The standard InChI is InChI=1S/C30H35N3O/c34-30(28-17-10-18-31(24-28)23-25-11-4-1-5-12-25)33-21-19-32(20-22-33)29(26-13-6-2-7-14-26)27-15-8-3-9-16-27/h1-9,11-16,28-29H,10,17-24H2. The van der Waals surface area contributed by atoms with Crippen LogP contribution in [0.4, 0.5) is 0 Å². The molecule has 5 rings (SSSR count). The predicted molar refractivity (Wildman–Crippen MR) is 137 cm³/mol. The third kappa shape index (κ3) is 5.40. The van der Waals surface area contributed by atoms with E-state index in [9.17, 15) is 4.79 Å². The summed E-state index contributed by atoms with van der Waals surface area (Å²) in [6.45, 7) is 6.33. The molecule has 1 unspecified atom stereocenters. The summed E-state index contributed by atoms with van der Waals surface area (Å²) in [7, 11) is 0. The van der Waals surface area contributed by atoms with Crippen LogP contribution >= 0.6 is 0 Å². The minimum absolute atomic E-state index is 0.128. The zero-order valence-electron chi connectivity index (χ0n) is 19.9. The Hall–Kier alpha value is -2.95. The maximum atomic E-state index is 13.4. The van der Waals surface area contributed by atoms with E-state index in [0.29, 0.717) is 5.91 Å². The Bertz CT molecular complexity index is 993. The SMILES string of the molecule is O=C(C1CCCN(Cc2ccccc2)C1)N1CCN(C(c2ccccc2)c2ccccc2)CC1. The average Bonchev–Trinajstić information content (AvgIpc) is 2.91. The highest BCUT2D eigenvalue weighted by molar-refractivity contribution is 5.79. The number of amides is 1. The summed E-state index contributed by atoms with van der Waals surface area (Å²) in [5.74, 6) is 0.483. The highest BCUT2D eigenvalue weighted by Crippen LogP contribution is 2.30. The molecule has 0 aliphatic carbocycles. The Kier molecular flexibility index (Phi) is 7.37. The van der Waals surface area contributed by atoms with E-state index < -0.39 is 0 Å². The van der Waals surface area contributed by atoms with Crippen molar-refractivity contribution in [2.45, 2.75) is 25.4 Å². The molecular formula is C30H35N3O. The van der Waals surface area contributed by atoms with Gasteiger partial charge < -0.3 is 4.90 Å². The molecule has 2 aliphatic heterocycles. The highest BCUT2D eigenvalue weighted by Gasteiger charge is 2.33. The summed E-state index contributed by atoms with van der Waals surface area (Å²) in [6, 6.07) is 32.4. The molecule has 3 aromatic carbocycles. The van der Waals surface area contributed by atoms with Gasteiger partial charge in [0.15, 0.2) is 0 Å². The minimum atomic E-state index is 0.128. The molecule has 0 spiro atoms. The van der Waals surface area contributed by atoms with Gasteiger partial charge in [-0.15, -0.1) is 0 Å². The Morgan fingerprint density at radius 2 is 1.29 bits per heavy atom. The van der Waals surface area contributed by atoms with E-state index in [-0.39, 0.29) is 12.0 Å². The van der Waals surface area contributed by atoms with Crippen LogP contribution in [0.3, 0.4) is 0 Å². The van der Waals surface area contributed by atoms with Crippen LogP contribution in [0.5, 0.6) is 0 Å². The number of hydrogen-bond donors (Lipinski definition) is 0. The molecule has 1 atom stereocenters. The number of benzene rings is 3. The zero-order valence-corrected chi connectivity index (χ0v) is 19.9. The van der Waals surface area contributed by atoms with Gasteiger partial charge in [0.2, 0.25) is 5.91 Å². The summed E-state index contributed by atoms with van der Waals surface area (Å²) >= 11 is 0. The molecule has 0 aromatic heterocycles. The van der Waals surface area contributed by atoms with Crippen LogP contribution in [-0.4, -0.2) is 59.9 Å². The van der Waals surface area contributed by atoms with Crippen LogP contribution in [-0.2, 0) is 11.3 Å². The van der Waals surface area contributed by atoms with E-state index in [2.05, 4.69) is 106 Å². The highest BCUT2D eigenvalue weighted by atomic mass is 16.2. The lowest BCUT2D eigenvalue weighted by molar-refractivity contribution is -0.139. The van der Waals surface area contributed by atoms with Gasteiger partial charge in [0.25, 0.3) is 0 Å². The molecule has 34 heavy (non-hydrogen) atoms. The normalized spacial score (nSPS) is 19.9. The van der Waals surface area contributed by atoms with E-state index in [4.69, 9.17) is 0 Å². The van der Waals surface area contributed by atoms with Crippen molar-refractivity contribution in [3.8, 4) is 0 Å². The fourth-order valence-electron chi connectivity index (χ4n) is 5.59. The minimum Gasteiger partial charge on any atom is -0.340 e. The van der Waals surface area contributed by atoms with Crippen molar-refractivity contribution >= 4 is 5.91 Å². The molecule has 2 heterocycles. The van der Waals surface area contributed by atoms with Crippen molar-refractivity contribution in [2.24, 2.45) is 5.92 Å². The Balaban J connectivity index is 1.21. The van der Waals surface area contributed by atoms with E-state index in [0.717, 1.165) is 58.7 Å². The third-order valence-corrected chi connectivity index (χ3v) is 7.33. The van der Waals surface area contributed by atoms with Gasteiger partial charge in [0.05, 0.1) is 12.0 Å². The number of nitrogens with zero attached hydrogens (tertiary/aromatic N) is 3. The number of hydrogen-bond acceptors (Lipinski definition) is 3. The number of carbonyl (C=O) groups excluding carboxylic acids is 1. The molecule has 0 saturated carbocycles. The lowest BCUT2D eigenvalue weighted by Gasteiger charge is -2.42. The van der Waals surface area contributed by atoms with Crippen LogP contribution in [0.15, 0.2) is 91.0 Å². The number of likely N-dealkylation sites (tertiary alicyclic amines) is 1. The molecule has 2 aliphatic rings. The second kappa shape index (κ2) is 11.0. The lowest BCUT2D eigenvalue weighted by Crippen LogP contribution is -2.53. The first-order valence-corrected chi connectivity index (χ1v) is 12.7. The van der Waals surface area contributed by atoms with Gasteiger partial charge in [-0.25, -0.2) is 0 Å². The fourth-order valence-corrected chi connectivity index (χ4v) is 5.59. The van der Waals surface area contributed by atoms with Crippen LogP contribution in [0, 0.1) is 5.92 Å². The van der Waals surface area contributed by atoms with Crippen molar-refractivity contribution in [1.29, 1.82) is 0 Å². The van der Waals surface area contributed by atoms with Gasteiger partial charge in [-0.3, -0.25) is 14.6 Å². The van der Waals surface area contributed by atoms with Crippen LogP contribution in [0.2, 0.25) is 0 Å². The third-order valence-electron chi connectivity index (χ3n) is 7.33. The van der Waals surface area contributed by atoms with Gasteiger partial charge in [0.1, 0.15) is 0 Å². The van der Waals surface area contributed by atoms with Crippen molar-refractivity contribution in [3.05, 3.63) is 108 Å². The molecule has 3 aromatic rings. The monoisotopic (exact) mass is 453 g/mol. The van der Waals surface area contributed by atoms with Gasteiger partial charge in [-0.1, -0.05) is 91.0 Å². The fraction of sp³-hybridized carbons (Fsp3) is 0.367. The maximum Gasteiger partial charge on any atom is 0.227 e. The zero-order chi connectivity index (χ0) is 23.2. The number of piperazine rings is 1. The summed E-state index contributed by atoms with van der Waals surface area (Å²) in [5, 5.41) is 0. The molecule has 176 valence electrons. The van der Waals surface area contributed by atoms with Gasteiger partial charge in [0, 0.05) is 39.3 Å². The maximum absolute atomic E-state index is 13.4. The summed E-state index contributed by atoms with van der Waals surface area (Å²) in [6.07, 6.45) is 2.12. The second-order valence-corrected chi connectivity index (χ2v) is 9.65. The van der Waals surface area contributed by atoms with Crippen molar-refractivity contribution in [1.82, 2.24) is 14.7 Å². The van der Waals surface area contributed by atoms with E-state index in [1.807, 2.05) is 0 Å². The molecule has 1 amide bonds. The lowest BCUT2D eigenvalue weighted by atomic mass is 9.94. The van der Waals surface area contributed by atoms with Gasteiger partial charge in [-0.2, -0.15) is 0 Å². The first-order chi connectivity index (χ1) is 16.8. The molecule has 4 heteroatoms. The van der Waals surface area contributed by atoms with E-state index >= 15 is 0 Å². The number of carbonyl (C=O) groups is 1. The van der Waals surface area contributed by atoms with Crippen molar-refractivity contribution < 1.29 is 4.79 Å². The topological polar surface area (TPSA) is 26.8 Å².